The standard InChI is InChI=1S/C18H24BNO5S/c1-11(21)26-10-13(19-24-17(2,3)18(4,5)25-19)8-12-6-7-14(20)9-15(12)16(22)23/h6-9H,10,20H2,1-5H3,(H,22,23). The van der Waals surface area contributed by atoms with Crippen LogP contribution < -0.4 is 5.73 Å². The number of carbonyl (C=O) groups is 2. The Morgan fingerprint density at radius 2 is 1.81 bits per heavy atom. The third kappa shape index (κ3) is 4.49. The first kappa shape index (κ1) is 20.5. The summed E-state index contributed by atoms with van der Waals surface area (Å²) in [5.41, 5.74) is 6.28. The van der Waals surface area contributed by atoms with Crippen molar-refractivity contribution in [2.75, 3.05) is 11.5 Å². The lowest BCUT2D eigenvalue weighted by atomic mass is 9.78. The molecule has 1 heterocycles. The Bertz CT molecular complexity index is 744. The molecule has 1 aromatic carbocycles. The van der Waals surface area contributed by atoms with Gasteiger partial charge in [0.2, 0.25) is 0 Å². The van der Waals surface area contributed by atoms with E-state index < -0.39 is 24.3 Å². The molecule has 0 aliphatic carbocycles. The second-order valence-corrected chi connectivity index (χ2v) is 8.39. The number of carboxylic acids is 1. The van der Waals surface area contributed by atoms with Crippen LogP contribution in [-0.2, 0) is 14.1 Å². The summed E-state index contributed by atoms with van der Waals surface area (Å²) in [5, 5.41) is 9.41. The van der Waals surface area contributed by atoms with Gasteiger partial charge in [0, 0.05) is 18.4 Å². The number of carboxylic acid groups (broad SMARTS) is 1. The number of benzene rings is 1. The van der Waals surface area contributed by atoms with Crippen molar-refractivity contribution in [3.63, 3.8) is 0 Å². The van der Waals surface area contributed by atoms with Crippen LogP contribution in [0.15, 0.2) is 23.7 Å². The maximum atomic E-state index is 11.5. The van der Waals surface area contributed by atoms with Gasteiger partial charge in [0.15, 0.2) is 5.12 Å². The molecule has 0 saturated carbocycles. The SMILES string of the molecule is CC(=O)SCC(=Cc1ccc(N)cc1C(=O)O)B1OC(C)(C)C(C)(C)O1. The average Bonchev–Trinajstić information content (AvgIpc) is 2.72. The summed E-state index contributed by atoms with van der Waals surface area (Å²) in [7, 11) is -0.661. The smallest absolute Gasteiger partial charge is 0.478 e. The first-order chi connectivity index (χ1) is 11.9. The highest BCUT2D eigenvalue weighted by atomic mass is 32.2. The molecule has 1 aliphatic heterocycles. The maximum Gasteiger partial charge on any atom is 0.491 e. The fourth-order valence-electron chi connectivity index (χ4n) is 2.44. The van der Waals surface area contributed by atoms with Gasteiger partial charge >= 0.3 is 13.1 Å². The number of thioether (sulfide) groups is 1. The van der Waals surface area contributed by atoms with E-state index in [4.69, 9.17) is 15.0 Å². The van der Waals surface area contributed by atoms with E-state index in [1.807, 2.05) is 27.7 Å². The Morgan fingerprint density at radius 3 is 2.31 bits per heavy atom. The molecule has 6 nitrogen and oxygen atoms in total. The average molecular weight is 377 g/mol. The van der Waals surface area contributed by atoms with Crippen LogP contribution >= 0.6 is 11.8 Å². The van der Waals surface area contributed by atoms with Gasteiger partial charge in [-0.15, -0.1) is 0 Å². The van der Waals surface area contributed by atoms with Crippen molar-refractivity contribution in [2.24, 2.45) is 0 Å². The third-order valence-corrected chi connectivity index (χ3v) is 5.53. The predicted molar refractivity (Wildman–Crippen MR) is 105 cm³/mol. The molecule has 3 N–H and O–H groups in total. The fourth-order valence-corrected chi connectivity index (χ4v) is 3.03. The lowest BCUT2D eigenvalue weighted by Gasteiger charge is -2.32. The molecule has 8 heteroatoms. The lowest BCUT2D eigenvalue weighted by Crippen LogP contribution is -2.41. The van der Waals surface area contributed by atoms with Crippen LogP contribution in [-0.4, -0.2) is 40.3 Å². The van der Waals surface area contributed by atoms with Crippen molar-refractivity contribution < 1.29 is 24.0 Å². The van der Waals surface area contributed by atoms with Crippen molar-refractivity contribution in [3.8, 4) is 0 Å². The molecule has 1 saturated heterocycles. The first-order valence-electron chi connectivity index (χ1n) is 8.25. The Kier molecular flexibility index (Phi) is 5.90. The van der Waals surface area contributed by atoms with Crippen molar-refractivity contribution in [3.05, 3.63) is 34.8 Å². The van der Waals surface area contributed by atoms with Gasteiger partial charge in [0.25, 0.3) is 0 Å². The van der Waals surface area contributed by atoms with Crippen LogP contribution in [0.3, 0.4) is 0 Å². The third-order valence-electron chi connectivity index (χ3n) is 4.65. The van der Waals surface area contributed by atoms with Gasteiger partial charge < -0.3 is 20.1 Å². The molecule has 0 atom stereocenters. The van der Waals surface area contributed by atoms with Gasteiger partial charge in [-0.05, 0) is 50.9 Å². The first-order valence-corrected chi connectivity index (χ1v) is 9.24. The van der Waals surface area contributed by atoms with Crippen LogP contribution in [0, 0.1) is 0 Å². The van der Waals surface area contributed by atoms with Gasteiger partial charge in [0.1, 0.15) is 0 Å². The zero-order valence-corrected chi connectivity index (χ0v) is 16.5. The van der Waals surface area contributed by atoms with Crippen molar-refractivity contribution in [2.45, 2.75) is 45.8 Å². The molecule has 1 fully saturated rings. The van der Waals surface area contributed by atoms with E-state index in [0.29, 0.717) is 22.5 Å². The number of nitrogens with two attached hydrogens (primary N) is 1. The highest BCUT2D eigenvalue weighted by Gasteiger charge is 2.52. The number of hydrogen-bond donors (Lipinski definition) is 2. The molecule has 1 aliphatic rings. The topological polar surface area (TPSA) is 98.9 Å². The number of carbonyl (C=O) groups excluding carboxylic acids is 1. The minimum atomic E-state index is -1.07. The molecule has 2 rings (SSSR count). The summed E-state index contributed by atoms with van der Waals surface area (Å²) in [5.74, 6) is -0.730. The van der Waals surface area contributed by atoms with Gasteiger partial charge in [-0.1, -0.05) is 23.9 Å². The number of aromatic carboxylic acids is 1. The lowest BCUT2D eigenvalue weighted by molar-refractivity contribution is -0.109. The second kappa shape index (κ2) is 7.46. The van der Waals surface area contributed by atoms with E-state index in [1.54, 1.807) is 18.2 Å². The van der Waals surface area contributed by atoms with Crippen molar-refractivity contribution in [1.29, 1.82) is 0 Å². The Morgan fingerprint density at radius 1 is 1.23 bits per heavy atom. The quantitative estimate of drug-likeness (QED) is 0.600. The normalized spacial score (nSPS) is 18.8. The Hall–Kier alpha value is -1.77. The van der Waals surface area contributed by atoms with E-state index in [-0.39, 0.29) is 10.7 Å². The van der Waals surface area contributed by atoms with Gasteiger partial charge in [-0.3, -0.25) is 4.79 Å². The molecule has 26 heavy (non-hydrogen) atoms. The van der Waals surface area contributed by atoms with Gasteiger partial charge in [-0.25, -0.2) is 4.79 Å². The summed E-state index contributed by atoms with van der Waals surface area (Å²) >= 11 is 1.12. The van der Waals surface area contributed by atoms with Gasteiger partial charge in [-0.2, -0.15) is 0 Å². The Labute approximate surface area is 158 Å². The molecule has 0 aromatic heterocycles. The molecule has 0 bridgehead atoms. The molecular weight excluding hydrogens is 353 g/mol. The van der Waals surface area contributed by atoms with Crippen LogP contribution in [0.5, 0.6) is 0 Å². The number of rotatable bonds is 5. The highest BCUT2D eigenvalue weighted by Crippen LogP contribution is 2.39. The zero-order chi connectivity index (χ0) is 19.7. The van der Waals surface area contributed by atoms with Crippen LogP contribution in [0.25, 0.3) is 6.08 Å². The van der Waals surface area contributed by atoms with Crippen LogP contribution in [0.2, 0.25) is 0 Å². The molecule has 0 radical (unpaired) electrons. The maximum absolute atomic E-state index is 11.5. The zero-order valence-electron chi connectivity index (χ0n) is 15.7. The van der Waals surface area contributed by atoms with Crippen molar-refractivity contribution >= 4 is 41.7 Å². The number of nitrogen functional groups attached to an aromatic ring is 1. The minimum Gasteiger partial charge on any atom is -0.478 e. The summed E-state index contributed by atoms with van der Waals surface area (Å²) in [6.45, 7) is 9.24. The largest absolute Gasteiger partial charge is 0.491 e. The van der Waals surface area contributed by atoms with Crippen molar-refractivity contribution in [1.82, 2.24) is 0 Å². The molecule has 1 aromatic rings. The fraction of sp³-hybridized carbons (Fsp3) is 0.444. The molecule has 0 amide bonds. The monoisotopic (exact) mass is 377 g/mol. The van der Waals surface area contributed by atoms with E-state index in [9.17, 15) is 14.7 Å². The van der Waals surface area contributed by atoms with E-state index in [1.165, 1.54) is 13.0 Å². The summed E-state index contributed by atoms with van der Waals surface area (Å²) in [6.07, 6.45) is 1.71. The molecule has 0 spiro atoms. The molecule has 140 valence electrons. The van der Waals surface area contributed by atoms with Crippen LogP contribution in [0.1, 0.15) is 50.5 Å². The highest BCUT2D eigenvalue weighted by molar-refractivity contribution is 8.13. The van der Waals surface area contributed by atoms with E-state index in [0.717, 1.165) is 11.8 Å². The molecule has 0 unspecified atom stereocenters. The van der Waals surface area contributed by atoms with E-state index in [2.05, 4.69) is 0 Å². The summed E-state index contributed by atoms with van der Waals surface area (Å²) in [4.78, 5) is 23.0. The Balaban J connectivity index is 2.45. The van der Waals surface area contributed by atoms with E-state index >= 15 is 0 Å². The summed E-state index contributed by atoms with van der Waals surface area (Å²) < 4.78 is 12.1. The van der Waals surface area contributed by atoms with Gasteiger partial charge in [0.05, 0.1) is 16.8 Å². The number of anilines is 1. The predicted octanol–water partition coefficient (Wildman–Crippen LogP) is 3.26. The second-order valence-electron chi connectivity index (χ2n) is 7.24. The van der Waals surface area contributed by atoms with Crippen LogP contribution in [0.4, 0.5) is 5.69 Å². The summed E-state index contributed by atoms with van der Waals surface area (Å²) in [6, 6.07) is 4.69. The number of hydrogen-bond acceptors (Lipinski definition) is 6. The minimum absolute atomic E-state index is 0.0387. The molecular formula is C18H24BNO5S.